The molecule has 0 saturated heterocycles. The Morgan fingerprint density at radius 2 is 1.61 bits per heavy atom. The number of aromatic nitrogens is 2. The second-order valence-electron chi connectivity index (χ2n) is 5.19. The van der Waals surface area contributed by atoms with Crippen molar-refractivity contribution in [3.63, 3.8) is 0 Å². The van der Waals surface area contributed by atoms with Crippen molar-refractivity contribution >= 4 is 27.5 Å². The van der Waals surface area contributed by atoms with Gasteiger partial charge in [0.25, 0.3) is 0 Å². The first-order valence-electron chi connectivity index (χ1n) is 7.44. The summed E-state index contributed by atoms with van der Waals surface area (Å²) in [5, 5.41) is 5.18. The molecule has 0 atom stereocenters. The van der Waals surface area contributed by atoms with Gasteiger partial charge in [0.05, 0.1) is 11.2 Å². The highest BCUT2D eigenvalue weighted by Gasteiger charge is 2.09. The van der Waals surface area contributed by atoms with Gasteiger partial charge in [0.1, 0.15) is 11.3 Å². The molecule has 0 aliphatic rings. The van der Waals surface area contributed by atoms with E-state index in [-0.39, 0.29) is 0 Å². The maximum absolute atomic E-state index is 6.17. The lowest BCUT2D eigenvalue weighted by atomic mass is 10.1. The molecule has 0 aliphatic heterocycles. The summed E-state index contributed by atoms with van der Waals surface area (Å²) in [5.41, 5.74) is 2.72. The second-order valence-corrected chi connectivity index (χ2v) is 5.19. The van der Waals surface area contributed by atoms with Crippen molar-refractivity contribution in [2.45, 2.75) is 0 Å². The number of benzene rings is 2. The zero-order valence-corrected chi connectivity index (χ0v) is 12.7. The molecular weight excluding hydrogens is 286 g/mol. The van der Waals surface area contributed by atoms with Crippen molar-refractivity contribution in [3.8, 4) is 11.5 Å². The topological polar surface area (TPSA) is 47.0 Å². The Morgan fingerprint density at radius 3 is 2.52 bits per heavy atom. The van der Waals surface area contributed by atoms with Crippen LogP contribution in [0.2, 0.25) is 0 Å². The molecule has 0 aliphatic carbocycles. The number of fused-ring (bicyclic) bond motifs is 2. The first-order chi connectivity index (χ1) is 11.4. The molecule has 0 saturated carbocycles. The average molecular weight is 301 g/mol. The minimum absolute atomic E-state index is 0.741. The van der Waals surface area contributed by atoms with E-state index in [1.54, 1.807) is 12.4 Å². The lowest BCUT2D eigenvalue weighted by molar-refractivity contribution is 0.492. The number of anilines is 1. The largest absolute Gasteiger partial charge is 0.454 e. The molecule has 0 unspecified atom stereocenters. The molecule has 0 spiro atoms. The van der Waals surface area contributed by atoms with E-state index in [1.165, 1.54) is 0 Å². The quantitative estimate of drug-likeness (QED) is 0.600. The summed E-state index contributed by atoms with van der Waals surface area (Å²) in [6, 6.07) is 17.8. The minimum Gasteiger partial charge on any atom is -0.454 e. The molecule has 4 rings (SSSR count). The molecule has 0 amide bonds. The van der Waals surface area contributed by atoms with E-state index in [1.807, 2.05) is 61.6 Å². The van der Waals surface area contributed by atoms with E-state index in [4.69, 9.17) is 4.74 Å². The maximum atomic E-state index is 6.17. The van der Waals surface area contributed by atoms with Crippen LogP contribution in [0.25, 0.3) is 21.8 Å². The zero-order chi connectivity index (χ0) is 15.6. The highest BCUT2D eigenvalue weighted by Crippen LogP contribution is 2.34. The molecule has 4 aromatic rings. The summed E-state index contributed by atoms with van der Waals surface area (Å²) in [5.74, 6) is 1.51. The monoisotopic (exact) mass is 301 g/mol. The number of rotatable bonds is 3. The van der Waals surface area contributed by atoms with Crippen LogP contribution in [-0.2, 0) is 0 Å². The van der Waals surface area contributed by atoms with Gasteiger partial charge in [-0.05, 0) is 30.3 Å². The van der Waals surface area contributed by atoms with Crippen LogP contribution in [0.4, 0.5) is 5.69 Å². The third kappa shape index (κ3) is 2.34. The van der Waals surface area contributed by atoms with Crippen molar-refractivity contribution in [1.29, 1.82) is 0 Å². The summed E-state index contributed by atoms with van der Waals surface area (Å²) in [7, 11) is 1.89. The Morgan fingerprint density at radius 1 is 0.783 bits per heavy atom. The first kappa shape index (κ1) is 13.5. The number of pyridine rings is 2. The predicted molar refractivity (Wildman–Crippen MR) is 93.1 cm³/mol. The van der Waals surface area contributed by atoms with Crippen LogP contribution >= 0.6 is 0 Å². The third-order valence-electron chi connectivity index (χ3n) is 3.82. The number of nitrogens with zero attached hydrogens (tertiary/aromatic N) is 2. The van der Waals surface area contributed by atoms with Crippen molar-refractivity contribution < 1.29 is 4.74 Å². The van der Waals surface area contributed by atoms with Crippen LogP contribution in [0.5, 0.6) is 11.5 Å². The molecule has 112 valence electrons. The highest BCUT2D eigenvalue weighted by atomic mass is 16.5. The summed E-state index contributed by atoms with van der Waals surface area (Å²) in [6.07, 6.45) is 3.54. The van der Waals surface area contributed by atoms with Crippen molar-refractivity contribution in [2.75, 3.05) is 12.4 Å². The Hall–Kier alpha value is -3.14. The molecule has 23 heavy (non-hydrogen) atoms. The van der Waals surface area contributed by atoms with Crippen molar-refractivity contribution in [2.24, 2.45) is 0 Å². The van der Waals surface area contributed by atoms with Gasteiger partial charge >= 0.3 is 0 Å². The molecule has 2 heterocycles. The number of hydrogen-bond acceptors (Lipinski definition) is 4. The standard InChI is InChI=1S/C19H15N3O/c1-20-15-8-3-7-14-16(10-12-22-19(14)15)23-17-9-2-5-13-6-4-11-21-18(13)17/h2-12,20H,1H3. The SMILES string of the molecule is CNc1cccc2c(Oc3cccc4cccnc34)ccnc12. The summed E-state index contributed by atoms with van der Waals surface area (Å²) >= 11 is 0. The Kier molecular flexibility index (Phi) is 3.27. The zero-order valence-electron chi connectivity index (χ0n) is 12.7. The van der Waals surface area contributed by atoms with E-state index in [0.29, 0.717) is 0 Å². The third-order valence-corrected chi connectivity index (χ3v) is 3.82. The van der Waals surface area contributed by atoms with Gasteiger partial charge < -0.3 is 10.1 Å². The summed E-state index contributed by atoms with van der Waals surface area (Å²) in [4.78, 5) is 8.90. The van der Waals surface area contributed by atoms with Crippen LogP contribution in [0, 0.1) is 0 Å². The van der Waals surface area contributed by atoms with Gasteiger partial charge in [-0.1, -0.05) is 24.3 Å². The van der Waals surface area contributed by atoms with Gasteiger partial charge in [-0.25, -0.2) is 0 Å². The summed E-state index contributed by atoms with van der Waals surface area (Å²) in [6.45, 7) is 0. The molecule has 2 aromatic carbocycles. The fourth-order valence-corrected chi connectivity index (χ4v) is 2.72. The minimum atomic E-state index is 0.741. The Bertz CT molecular complexity index is 993. The fourth-order valence-electron chi connectivity index (χ4n) is 2.72. The molecule has 4 nitrogen and oxygen atoms in total. The van der Waals surface area contributed by atoms with E-state index >= 15 is 0 Å². The van der Waals surface area contributed by atoms with E-state index in [9.17, 15) is 0 Å². The van der Waals surface area contributed by atoms with Crippen LogP contribution in [0.3, 0.4) is 0 Å². The first-order valence-corrected chi connectivity index (χ1v) is 7.44. The maximum Gasteiger partial charge on any atom is 0.153 e. The molecule has 2 aromatic heterocycles. The summed E-state index contributed by atoms with van der Waals surface area (Å²) < 4.78 is 6.17. The van der Waals surface area contributed by atoms with Crippen molar-refractivity contribution in [1.82, 2.24) is 9.97 Å². The number of para-hydroxylation sites is 2. The van der Waals surface area contributed by atoms with Gasteiger partial charge in [-0.2, -0.15) is 0 Å². The molecule has 0 bridgehead atoms. The van der Waals surface area contributed by atoms with Crippen LogP contribution in [0.15, 0.2) is 67.0 Å². The average Bonchev–Trinajstić information content (AvgIpc) is 2.62. The van der Waals surface area contributed by atoms with E-state index in [2.05, 4.69) is 15.3 Å². The number of nitrogens with one attached hydrogen (secondary N) is 1. The van der Waals surface area contributed by atoms with E-state index < -0.39 is 0 Å². The lowest BCUT2D eigenvalue weighted by Crippen LogP contribution is -1.94. The molecular formula is C19H15N3O. The van der Waals surface area contributed by atoms with Crippen molar-refractivity contribution in [3.05, 3.63) is 67.0 Å². The van der Waals surface area contributed by atoms with Crippen LogP contribution < -0.4 is 10.1 Å². The smallest absolute Gasteiger partial charge is 0.153 e. The second kappa shape index (κ2) is 5.57. The van der Waals surface area contributed by atoms with E-state index in [0.717, 1.165) is 39.0 Å². The number of hydrogen-bond donors (Lipinski definition) is 1. The molecule has 0 radical (unpaired) electrons. The normalized spacial score (nSPS) is 10.8. The fraction of sp³-hybridized carbons (Fsp3) is 0.0526. The molecule has 1 N–H and O–H groups in total. The highest BCUT2D eigenvalue weighted by molar-refractivity contribution is 5.95. The Balaban J connectivity index is 1.87. The number of ether oxygens (including phenoxy) is 1. The predicted octanol–water partition coefficient (Wildman–Crippen LogP) is 4.62. The lowest BCUT2D eigenvalue weighted by Gasteiger charge is -2.12. The van der Waals surface area contributed by atoms with Gasteiger partial charge in [-0.3, -0.25) is 9.97 Å². The van der Waals surface area contributed by atoms with Crippen LogP contribution in [-0.4, -0.2) is 17.0 Å². The molecule has 0 fully saturated rings. The van der Waals surface area contributed by atoms with Gasteiger partial charge in [-0.15, -0.1) is 0 Å². The van der Waals surface area contributed by atoms with Gasteiger partial charge in [0.2, 0.25) is 0 Å². The van der Waals surface area contributed by atoms with Crippen LogP contribution in [0.1, 0.15) is 0 Å². The van der Waals surface area contributed by atoms with Gasteiger partial charge in [0, 0.05) is 30.2 Å². The molecule has 4 heteroatoms. The Labute approximate surface area is 133 Å². The van der Waals surface area contributed by atoms with Gasteiger partial charge in [0.15, 0.2) is 5.75 Å².